The van der Waals surface area contributed by atoms with Crippen LogP contribution in [0.5, 0.6) is 11.5 Å². The molecule has 2 aliphatic heterocycles. The molecule has 0 radical (unpaired) electrons. The molecule has 0 aliphatic carbocycles. The fourth-order valence-electron chi connectivity index (χ4n) is 3.59. The first kappa shape index (κ1) is 17.5. The average Bonchev–Trinajstić information content (AvgIpc) is 3.38. The topological polar surface area (TPSA) is 37.8 Å². The van der Waals surface area contributed by atoms with Gasteiger partial charge in [0.25, 0.3) is 0 Å². The molecule has 0 N–H and O–H groups in total. The molecule has 0 amide bonds. The Morgan fingerprint density at radius 1 is 0.964 bits per heavy atom. The molecule has 3 heterocycles. The predicted molar refractivity (Wildman–Crippen MR) is 108 cm³/mol. The van der Waals surface area contributed by atoms with Gasteiger partial charge in [-0.15, -0.1) is 11.3 Å². The van der Waals surface area contributed by atoms with Crippen LogP contribution in [-0.2, 0) is 6.54 Å². The van der Waals surface area contributed by atoms with Crippen molar-refractivity contribution in [2.45, 2.75) is 6.54 Å². The molecule has 144 valence electrons. The smallest absolute Gasteiger partial charge is 0.231 e. The second-order valence-electron chi connectivity index (χ2n) is 6.95. The first-order chi connectivity index (χ1) is 13.7. The summed E-state index contributed by atoms with van der Waals surface area (Å²) in [4.78, 5) is 9.53. The van der Waals surface area contributed by atoms with Crippen molar-refractivity contribution >= 4 is 17.0 Å². The highest BCUT2D eigenvalue weighted by molar-refractivity contribution is 7.13. The Kier molecular flexibility index (Phi) is 4.62. The largest absolute Gasteiger partial charge is 0.454 e. The molecule has 1 fully saturated rings. The summed E-state index contributed by atoms with van der Waals surface area (Å²) >= 11 is 1.66. The van der Waals surface area contributed by atoms with Crippen LogP contribution in [-0.4, -0.2) is 42.9 Å². The molecule has 0 unspecified atom stereocenters. The van der Waals surface area contributed by atoms with Crippen LogP contribution in [0.4, 0.5) is 10.1 Å². The number of benzene rings is 2. The highest BCUT2D eigenvalue weighted by atomic mass is 32.1. The second-order valence-corrected chi connectivity index (χ2v) is 7.81. The third kappa shape index (κ3) is 3.55. The molecule has 1 saturated heterocycles. The molecular weight excluding hydrogens is 377 g/mol. The lowest BCUT2D eigenvalue weighted by molar-refractivity contribution is 0.174. The van der Waals surface area contributed by atoms with Gasteiger partial charge in [0.1, 0.15) is 10.8 Å². The maximum absolute atomic E-state index is 13.1. The minimum atomic E-state index is -0.191. The Morgan fingerprint density at radius 2 is 1.75 bits per heavy atom. The molecule has 7 heteroatoms. The number of nitrogens with zero attached hydrogens (tertiary/aromatic N) is 3. The minimum absolute atomic E-state index is 0.191. The summed E-state index contributed by atoms with van der Waals surface area (Å²) in [7, 11) is 0. The third-order valence-electron chi connectivity index (χ3n) is 5.12. The number of hydrogen-bond acceptors (Lipinski definition) is 6. The zero-order valence-corrected chi connectivity index (χ0v) is 16.1. The molecule has 28 heavy (non-hydrogen) atoms. The van der Waals surface area contributed by atoms with Gasteiger partial charge in [0.15, 0.2) is 11.5 Å². The number of fused-ring (bicyclic) bond motifs is 1. The van der Waals surface area contributed by atoms with Crippen LogP contribution < -0.4 is 14.4 Å². The molecule has 5 rings (SSSR count). The van der Waals surface area contributed by atoms with Crippen molar-refractivity contribution < 1.29 is 13.9 Å². The molecule has 2 aromatic carbocycles. The minimum Gasteiger partial charge on any atom is -0.454 e. The third-order valence-corrected chi connectivity index (χ3v) is 6.06. The lowest BCUT2D eigenvalue weighted by Crippen LogP contribution is -2.46. The number of halogens is 1. The van der Waals surface area contributed by atoms with Crippen molar-refractivity contribution in [2.24, 2.45) is 0 Å². The van der Waals surface area contributed by atoms with E-state index >= 15 is 0 Å². The van der Waals surface area contributed by atoms with Crippen LogP contribution in [0.1, 0.15) is 5.69 Å². The van der Waals surface area contributed by atoms with Gasteiger partial charge in [0.2, 0.25) is 6.79 Å². The number of anilines is 1. The fourth-order valence-corrected chi connectivity index (χ4v) is 4.39. The predicted octanol–water partition coefficient (Wildman–Crippen LogP) is 4.00. The maximum atomic E-state index is 13.1. The van der Waals surface area contributed by atoms with Crippen molar-refractivity contribution in [3.63, 3.8) is 0 Å². The fraction of sp³-hybridized carbons (Fsp3) is 0.286. The summed E-state index contributed by atoms with van der Waals surface area (Å²) in [6.45, 7) is 4.93. The number of ether oxygens (including phenoxy) is 2. The zero-order valence-electron chi connectivity index (χ0n) is 15.3. The van der Waals surface area contributed by atoms with Gasteiger partial charge in [-0.1, -0.05) is 0 Å². The first-order valence-electron chi connectivity index (χ1n) is 9.32. The Morgan fingerprint density at radius 3 is 2.57 bits per heavy atom. The Labute approximate surface area is 166 Å². The van der Waals surface area contributed by atoms with Gasteiger partial charge in [-0.2, -0.15) is 0 Å². The summed E-state index contributed by atoms with van der Waals surface area (Å²) < 4.78 is 23.9. The Bertz CT molecular complexity index is 968. The van der Waals surface area contributed by atoms with E-state index in [1.54, 1.807) is 11.3 Å². The van der Waals surface area contributed by atoms with Crippen molar-refractivity contribution in [3.8, 4) is 22.1 Å². The number of aromatic nitrogens is 1. The van der Waals surface area contributed by atoms with Gasteiger partial charge in [-0.3, -0.25) is 4.90 Å². The maximum Gasteiger partial charge on any atom is 0.231 e. The normalized spacial score (nSPS) is 16.5. The highest BCUT2D eigenvalue weighted by Gasteiger charge is 2.19. The van der Waals surface area contributed by atoms with E-state index in [2.05, 4.69) is 15.2 Å². The number of thiazole rings is 1. The molecule has 0 spiro atoms. The SMILES string of the molecule is Fc1ccc(N2CCN(Cc3csc(-c4ccc5c(c4)OCO5)n3)CC2)cc1. The van der Waals surface area contributed by atoms with Gasteiger partial charge in [-0.25, -0.2) is 9.37 Å². The molecule has 0 bridgehead atoms. The quantitative estimate of drug-likeness (QED) is 0.665. The van der Waals surface area contributed by atoms with Crippen LogP contribution in [0.3, 0.4) is 0 Å². The van der Waals surface area contributed by atoms with Crippen molar-refractivity contribution in [1.29, 1.82) is 0 Å². The lowest BCUT2D eigenvalue weighted by atomic mass is 10.2. The number of piperazine rings is 1. The van der Waals surface area contributed by atoms with E-state index in [0.717, 1.165) is 66.2 Å². The average molecular weight is 397 g/mol. The summed E-state index contributed by atoms with van der Waals surface area (Å²) in [6.07, 6.45) is 0. The van der Waals surface area contributed by atoms with Crippen molar-refractivity contribution in [3.05, 3.63) is 59.4 Å². The molecule has 2 aliphatic rings. The Balaban J connectivity index is 1.20. The number of rotatable bonds is 4. The summed E-state index contributed by atoms with van der Waals surface area (Å²) in [6, 6.07) is 12.7. The van der Waals surface area contributed by atoms with Crippen LogP contribution in [0.2, 0.25) is 0 Å². The highest BCUT2D eigenvalue weighted by Crippen LogP contribution is 2.36. The molecule has 0 atom stereocenters. The molecule has 5 nitrogen and oxygen atoms in total. The summed E-state index contributed by atoms with van der Waals surface area (Å²) in [5.41, 5.74) is 3.23. The van der Waals surface area contributed by atoms with E-state index in [0.29, 0.717) is 0 Å². The Hall–Kier alpha value is -2.64. The van der Waals surface area contributed by atoms with E-state index in [4.69, 9.17) is 14.5 Å². The summed E-state index contributed by atoms with van der Waals surface area (Å²) in [5.74, 6) is 1.38. The van der Waals surface area contributed by atoms with E-state index < -0.39 is 0 Å². The van der Waals surface area contributed by atoms with Crippen LogP contribution >= 0.6 is 11.3 Å². The van der Waals surface area contributed by atoms with Crippen LogP contribution in [0.15, 0.2) is 47.8 Å². The van der Waals surface area contributed by atoms with Gasteiger partial charge in [0.05, 0.1) is 5.69 Å². The standard InChI is InChI=1S/C21H20FN3O2S/c22-16-2-4-18(5-3-16)25-9-7-24(8-10-25)12-17-13-28-21(23-17)15-1-6-19-20(11-15)27-14-26-19/h1-6,11,13H,7-10,12,14H2. The van der Waals surface area contributed by atoms with Crippen molar-refractivity contribution in [1.82, 2.24) is 9.88 Å². The molecule has 0 saturated carbocycles. The monoisotopic (exact) mass is 397 g/mol. The van der Waals surface area contributed by atoms with Gasteiger partial charge >= 0.3 is 0 Å². The van der Waals surface area contributed by atoms with Crippen molar-refractivity contribution in [2.75, 3.05) is 37.9 Å². The summed E-state index contributed by atoms with van der Waals surface area (Å²) in [5, 5.41) is 3.13. The van der Waals surface area contributed by atoms with Crippen LogP contribution in [0.25, 0.3) is 10.6 Å². The lowest BCUT2D eigenvalue weighted by Gasteiger charge is -2.35. The van der Waals surface area contributed by atoms with Crippen LogP contribution in [0, 0.1) is 5.82 Å². The zero-order chi connectivity index (χ0) is 18.9. The molecule has 3 aromatic rings. The van der Waals surface area contributed by atoms with E-state index in [9.17, 15) is 4.39 Å². The number of hydrogen-bond donors (Lipinski definition) is 0. The molecular formula is C21H20FN3O2S. The van der Waals surface area contributed by atoms with Gasteiger partial charge in [0, 0.05) is 49.4 Å². The van der Waals surface area contributed by atoms with Gasteiger partial charge in [-0.05, 0) is 42.5 Å². The second kappa shape index (κ2) is 7.41. The first-order valence-corrected chi connectivity index (χ1v) is 10.2. The van der Waals surface area contributed by atoms with E-state index in [1.807, 2.05) is 30.3 Å². The van der Waals surface area contributed by atoms with E-state index in [-0.39, 0.29) is 12.6 Å². The van der Waals surface area contributed by atoms with Gasteiger partial charge < -0.3 is 14.4 Å². The molecule has 1 aromatic heterocycles. The van der Waals surface area contributed by atoms with E-state index in [1.165, 1.54) is 12.1 Å².